The Balaban J connectivity index is 1.98. The lowest BCUT2D eigenvalue weighted by atomic mass is 10.1. The molecular weight excluding hydrogens is 244 g/mol. The number of hydrazine groups is 1. The zero-order valence-corrected chi connectivity index (χ0v) is 9.80. The minimum atomic E-state index is 0.514. The summed E-state index contributed by atoms with van der Waals surface area (Å²) in [5, 5.41) is 19.1. The first-order chi connectivity index (χ1) is 9.36. The van der Waals surface area contributed by atoms with Crippen molar-refractivity contribution in [3.8, 4) is 16.9 Å². The highest BCUT2D eigenvalue weighted by atomic mass is 15.5. The second-order valence-corrected chi connectivity index (χ2v) is 3.75. The van der Waals surface area contributed by atoms with E-state index in [9.17, 15) is 0 Å². The molecule has 0 fully saturated rings. The Labute approximate surface area is 108 Å². The number of anilines is 1. The Hall–Kier alpha value is -2.87. The third-order valence-electron chi connectivity index (χ3n) is 2.57. The zero-order valence-electron chi connectivity index (χ0n) is 9.80. The summed E-state index contributed by atoms with van der Waals surface area (Å²) in [6.45, 7) is 0. The van der Waals surface area contributed by atoms with E-state index in [2.05, 4.69) is 31.1 Å². The van der Waals surface area contributed by atoms with Crippen LogP contribution in [0.2, 0.25) is 0 Å². The lowest BCUT2D eigenvalue weighted by molar-refractivity contribution is 0.789. The number of rotatable bonds is 3. The van der Waals surface area contributed by atoms with Crippen molar-refractivity contribution in [2.24, 2.45) is 5.84 Å². The third kappa shape index (κ3) is 2.24. The summed E-state index contributed by atoms with van der Waals surface area (Å²) in [5.41, 5.74) is 4.95. The van der Waals surface area contributed by atoms with Crippen LogP contribution in [0.4, 0.5) is 5.82 Å². The molecule has 0 saturated carbocycles. The largest absolute Gasteiger partial charge is 0.307 e. The van der Waals surface area contributed by atoms with Crippen LogP contribution in [0, 0.1) is 0 Å². The van der Waals surface area contributed by atoms with Gasteiger partial charge in [0.1, 0.15) is 6.33 Å². The van der Waals surface area contributed by atoms with E-state index in [1.165, 1.54) is 6.33 Å². The number of tetrazole rings is 1. The first-order valence-electron chi connectivity index (χ1n) is 5.51. The van der Waals surface area contributed by atoms with Gasteiger partial charge < -0.3 is 5.43 Å². The first-order valence-corrected chi connectivity index (χ1v) is 5.51. The van der Waals surface area contributed by atoms with E-state index in [0.29, 0.717) is 5.82 Å². The maximum atomic E-state index is 5.25. The van der Waals surface area contributed by atoms with Gasteiger partial charge in [-0.3, -0.25) is 0 Å². The van der Waals surface area contributed by atoms with Crippen molar-refractivity contribution in [3.63, 3.8) is 0 Å². The fourth-order valence-corrected chi connectivity index (χ4v) is 1.65. The van der Waals surface area contributed by atoms with Crippen LogP contribution in [-0.2, 0) is 0 Å². The van der Waals surface area contributed by atoms with Crippen molar-refractivity contribution in [1.29, 1.82) is 0 Å². The minimum Gasteiger partial charge on any atom is -0.307 e. The Kier molecular flexibility index (Phi) is 2.83. The number of benzene rings is 1. The highest BCUT2D eigenvalue weighted by Crippen LogP contribution is 2.19. The minimum absolute atomic E-state index is 0.514. The van der Waals surface area contributed by atoms with Gasteiger partial charge in [-0.25, -0.2) is 10.5 Å². The number of nitrogens with zero attached hydrogens (tertiary/aromatic N) is 6. The third-order valence-corrected chi connectivity index (χ3v) is 2.57. The summed E-state index contributed by atoms with van der Waals surface area (Å²) in [6.07, 6.45) is 1.53. The van der Waals surface area contributed by atoms with E-state index < -0.39 is 0 Å². The van der Waals surface area contributed by atoms with E-state index in [-0.39, 0.29) is 0 Å². The SMILES string of the molecule is NNc1ccc(-c2cccc(-n3cnnn3)c2)nn1. The number of hydrogen-bond donors (Lipinski definition) is 2. The number of aromatic nitrogens is 6. The first kappa shape index (κ1) is 11.2. The molecule has 1 aromatic carbocycles. The van der Waals surface area contributed by atoms with Crippen LogP contribution in [0.1, 0.15) is 0 Å². The van der Waals surface area contributed by atoms with Crippen molar-refractivity contribution < 1.29 is 0 Å². The number of hydrogen-bond acceptors (Lipinski definition) is 7. The summed E-state index contributed by atoms with van der Waals surface area (Å²) in [5.74, 6) is 5.76. The maximum Gasteiger partial charge on any atom is 0.162 e. The maximum absolute atomic E-state index is 5.25. The molecule has 2 heterocycles. The lowest BCUT2D eigenvalue weighted by Gasteiger charge is -2.04. The van der Waals surface area contributed by atoms with Crippen LogP contribution >= 0.6 is 0 Å². The van der Waals surface area contributed by atoms with E-state index in [4.69, 9.17) is 5.84 Å². The van der Waals surface area contributed by atoms with Gasteiger partial charge >= 0.3 is 0 Å². The molecule has 3 aromatic rings. The molecule has 0 bridgehead atoms. The van der Waals surface area contributed by atoms with Crippen molar-refractivity contribution in [3.05, 3.63) is 42.7 Å². The predicted octanol–water partition coefficient (Wildman–Crippen LogP) is 0.405. The molecule has 8 heteroatoms. The molecule has 0 aliphatic rings. The van der Waals surface area contributed by atoms with E-state index in [1.54, 1.807) is 10.7 Å². The molecule has 0 saturated heterocycles. The Bertz CT molecular complexity index is 661. The molecule has 19 heavy (non-hydrogen) atoms. The smallest absolute Gasteiger partial charge is 0.162 e. The number of nitrogens with one attached hydrogen (secondary N) is 1. The normalized spacial score (nSPS) is 10.4. The van der Waals surface area contributed by atoms with Crippen LogP contribution in [0.3, 0.4) is 0 Å². The van der Waals surface area contributed by atoms with Crippen molar-refractivity contribution in [1.82, 2.24) is 30.4 Å². The van der Waals surface area contributed by atoms with Crippen molar-refractivity contribution in [2.45, 2.75) is 0 Å². The fraction of sp³-hybridized carbons (Fsp3) is 0. The monoisotopic (exact) mass is 254 g/mol. The number of nitrogen functional groups attached to an aromatic ring is 1. The number of nitrogens with two attached hydrogens (primary N) is 1. The van der Waals surface area contributed by atoms with Gasteiger partial charge in [-0.1, -0.05) is 12.1 Å². The summed E-state index contributed by atoms with van der Waals surface area (Å²) in [6, 6.07) is 11.3. The summed E-state index contributed by atoms with van der Waals surface area (Å²) >= 11 is 0. The highest BCUT2D eigenvalue weighted by molar-refractivity contribution is 5.62. The van der Waals surface area contributed by atoms with E-state index in [0.717, 1.165) is 16.9 Å². The van der Waals surface area contributed by atoms with Gasteiger partial charge in [0.2, 0.25) is 0 Å². The highest BCUT2D eigenvalue weighted by Gasteiger charge is 2.04. The average Bonchev–Trinajstić information content (AvgIpc) is 3.02. The molecule has 94 valence electrons. The molecular formula is C11H10N8. The molecule has 0 amide bonds. The van der Waals surface area contributed by atoms with Crippen molar-refractivity contribution >= 4 is 5.82 Å². The lowest BCUT2D eigenvalue weighted by Crippen LogP contribution is -2.09. The molecule has 0 atom stereocenters. The van der Waals surface area contributed by atoms with Crippen LogP contribution in [0.25, 0.3) is 16.9 Å². The van der Waals surface area contributed by atoms with E-state index in [1.807, 2.05) is 30.3 Å². The van der Waals surface area contributed by atoms with Gasteiger partial charge in [0, 0.05) is 5.56 Å². The second-order valence-electron chi connectivity index (χ2n) is 3.75. The van der Waals surface area contributed by atoms with Gasteiger partial charge in [0.25, 0.3) is 0 Å². The van der Waals surface area contributed by atoms with Crippen LogP contribution in [0.5, 0.6) is 0 Å². The topological polar surface area (TPSA) is 107 Å². The van der Waals surface area contributed by atoms with Gasteiger partial charge in [0.05, 0.1) is 11.4 Å². The molecule has 0 aliphatic heterocycles. The van der Waals surface area contributed by atoms with Gasteiger partial charge in [0.15, 0.2) is 5.82 Å². The molecule has 3 N–H and O–H groups in total. The molecule has 0 spiro atoms. The summed E-state index contributed by atoms with van der Waals surface area (Å²) in [4.78, 5) is 0. The standard InChI is InChI=1S/C11H10N8/c12-14-11-5-4-10(15-16-11)8-2-1-3-9(6-8)19-7-13-17-18-19/h1-7H,12H2,(H,14,16). The molecule has 8 nitrogen and oxygen atoms in total. The molecule has 0 radical (unpaired) electrons. The fourth-order valence-electron chi connectivity index (χ4n) is 1.65. The molecule has 3 rings (SSSR count). The van der Waals surface area contributed by atoms with Crippen molar-refractivity contribution in [2.75, 3.05) is 5.43 Å². The summed E-state index contributed by atoms with van der Waals surface area (Å²) < 4.78 is 1.58. The average molecular weight is 254 g/mol. The Morgan fingerprint density at radius 2 is 2.05 bits per heavy atom. The van der Waals surface area contributed by atoms with Gasteiger partial charge in [-0.2, -0.15) is 0 Å². The summed E-state index contributed by atoms with van der Waals surface area (Å²) in [7, 11) is 0. The molecule has 0 unspecified atom stereocenters. The Morgan fingerprint density at radius 3 is 2.74 bits per heavy atom. The molecule has 2 aromatic heterocycles. The van der Waals surface area contributed by atoms with Gasteiger partial charge in [-0.05, 0) is 34.7 Å². The van der Waals surface area contributed by atoms with Crippen LogP contribution < -0.4 is 11.3 Å². The zero-order chi connectivity index (χ0) is 13.1. The second kappa shape index (κ2) is 4.78. The predicted molar refractivity (Wildman–Crippen MR) is 68.0 cm³/mol. The Morgan fingerprint density at radius 1 is 1.11 bits per heavy atom. The van der Waals surface area contributed by atoms with Crippen LogP contribution in [0.15, 0.2) is 42.7 Å². The molecule has 0 aliphatic carbocycles. The van der Waals surface area contributed by atoms with Gasteiger partial charge in [-0.15, -0.1) is 15.3 Å². The van der Waals surface area contributed by atoms with E-state index >= 15 is 0 Å². The quantitative estimate of drug-likeness (QED) is 0.514. The van der Waals surface area contributed by atoms with Crippen LogP contribution in [-0.4, -0.2) is 30.4 Å².